The number of hydrogen-bond donors (Lipinski definition) is 0. The zero-order chi connectivity index (χ0) is 22.9. The molecule has 0 aliphatic carbocycles. The number of rotatable bonds is 4. The number of hydrogen-bond acceptors (Lipinski definition) is 5. The van der Waals surface area contributed by atoms with Crippen LogP contribution in [0.2, 0.25) is 0 Å². The number of aromatic nitrogens is 4. The molecule has 33 heavy (non-hydrogen) atoms. The maximum absolute atomic E-state index is 13.1. The highest BCUT2D eigenvalue weighted by Crippen LogP contribution is 2.22. The molecule has 168 valence electrons. The maximum Gasteiger partial charge on any atom is 0.227 e. The van der Waals surface area contributed by atoms with E-state index in [1.165, 1.54) is 5.39 Å². The van der Waals surface area contributed by atoms with E-state index in [9.17, 15) is 4.79 Å². The number of amides is 1. The van der Waals surface area contributed by atoms with Gasteiger partial charge in [-0.3, -0.25) is 9.36 Å². The second kappa shape index (κ2) is 8.65. The number of carbonyl (C=O) groups is 1. The van der Waals surface area contributed by atoms with Crippen LogP contribution in [0.25, 0.3) is 16.6 Å². The molecule has 7 heteroatoms. The van der Waals surface area contributed by atoms with E-state index in [-0.39, 0.29) is 5.91 Å². The van der Waals surface area contributed by atoms with Crippen molar-refractivity contribution in [1.29, 1.82) is 0 Å². The highest BCUT2D eigenvalue weighted by molar-refractivity contribution is 5.90. The summed E-state index contributed by atoms with van der Waals surface area (Å²) >= 11 is 0. The number of carbonyl (C=O) groups excluding carboxylic acids is 1. The molecule has 0 atom stereocenters. The first-order chi connectivity index (χ1) is 16.0. The van der Waals surface area contributed by atoms with Gasteiger partial charge in [0.25, 0.3) is 0 Å². The van der Waals surface area contributed by atoms with Gasteiger partial charge in [0.1, 0.15) is 23.8 Å². The largest absolute Gasteiger partial charge is 0.353 e. The summed E-state index contributed by atoms with van der Waals surface area (Å²) in [6, 6.07) is 16.4. The van der Waals surface area contributed by atoms with Crippen LogP contribution >= 0.6 is 0 Å². The third kappa shape index (κ3) is 4.18. The van der Waals surface area contributed by atoms with E-state index in [4.69, 9.17) is 0 Å². The number of benzene rings is 2. The predicted octanol–water partition coefficient (Wildman–Crippen LogP) is 3.63. The molecule has 0 bridgehead atoms. The molecule has 3 heterocycles. The van der Waals surface area contributed by atoms with Crippen molar-refractivity contribution >= 4 is 22.5 Å². The Morgan fingerprint density at radius 1 is 0.909 bits per heavy atom. The van der Waals surface area contributed by atoms with E-state index >= 15 is 0 Å². The average molecular weight is 441 g/mol. The van der Waals surface area contributed by atoms with Crippen molar-refractivity contribution in [3.05, 3.63) is 77.6 Å². The van der Waals surface area contributed by atoms with E-state index in [0.29, 0.717) is 19.5 Å². The summed E-state index contributed by atoms with van der Waals surface area (Å²) in [6.07, 6.45) is 2.23. The van der Waals surface area contributed by atoms with Gasteiger partial charge >= 0.3 is 0 Å². The lowest BCUT2D eigenvalue weighted by Gasteiger charge is -2.35. The van der Waals surface area contributed by atoms with Crippen LogP contribution in [0.4, 0.5) is 5.82 Å². The van der Waals surface area contributed by atoms with Crippen LogP contribution in [-0.4, -0.2) is 56.5 Å². The number of anilines is 1. The number of aryl methyl sites for hydroxylation is 2. The molecule has 0 radical (unpaired) electrons. The smallest absolute Gasteiger partial charge is 0.227 e. The lowest BCUT2D eigenvalue weighted by atomic mass is 10.0. The maximum atomic E-state index is 13.1. The standard InChI is InChI=1S/C26H28N6O/c1-18-19(2)32(17-27-18)25-16-24(28-20(3)29-25)30-11-13-31(14-12-30)26(33)15-22-9-6-8-21-7-4-5-10-23(21)22/h4-10,16-17H,11-15H2,1-3H3. The van der Waals surface area contributed by atoms with Gasteiger partial charge in [-0.2, -0.15) is 0 Å². The van der Waals surface area contributed by atoms with E-state index in [2.05, 4.69) is 44.1 Å². The van der Waals surface area contributed by atoms with Crippen LogP contribution in [0.1, 0.15) is 22.8 Å². The van der Waals surface area contributed by atoms with Gasteiger partial charge in [0.15, 0.2) is 0 Å². The molecule has 0 saturated carbocycles. The normalized spacial score (nSPS) is 14.2. The van der Waals surface area contributed by atoms with Crippen molar-refractivity contribution in [2.45, 2.75) is 27.2 Å². The minimum atomic E-state index is 0.176. The monoisotopic (exact) mass is 440 g/mol. The molecule has 1 aliphatic rings. The zero-order valence-electron chi connectivity index (χ0n) is 19.3. The Balaban J connectivity index is 1.28. The van der Waals surface area contributed by atoms with Gasteiger partial charge in [-0.15, -0.1) is 0 Å². The summed E-state index contributed by atoms with van der Waals surface area (Å²) in [5.41, 5.74) is 3.15. The number of nitrogens with zero attached hydrogens (tertiary/aromatic N) is 6. The molecule has 0 unspecified atom stereocenters. The first kappa shape index (κ1) is 21.1. The molecule has 5 rings (SSSR count). The Labute approximate surface area is 193 Å². The first-order valence-electron chi connectivity index (χ1n) is 11.4. The number of piperazine rings is 1. The molecule has 0 spiro atoms. The molecule has 1 saturated heterocycles. The molecular weight excluding hydrogens is 412 g/mol. The number of imidazole rings is 1. The molecule has 7 nitrogen and oxygen atoms in total. The minimum absolute atomic E-state index is 0.176. The van der Waals surface area contributed by atoms with Gasteiger partial charge in [0.05, 0.1) is 12.1 Å². The van der Waals surface area contributed by atoms with Crippen LogP contribution in [0.15, 0.2) is 54.9 Å². The molecule has 1 aliphatic heterocycles. The Hall–Kier alpha value is -3.74. The van der Waals surface area contributed by atoms with Crippen molar-refractivity contribution in [1.82, 2.24) is 24.4 Å². The predicted molar refractivity (Wildman–Crippen MR) is 130 cm³/mol. The lowest BCUT2D eigenvalue weighted by Crippen LogP contribution is -2.49. The zero-order valence-corrected chi connectivity index (χ0v) is 19.3. The summed E-state index contributed by atoms with van der Waals surface area (Å²) in [4.78, 5) is 30.9. The van der Waals surface area contributed by atoms with Gasteiger partial charge in [0.2, 0.25) is 5.91 Å². The Morgan fingerprint density at radius 3 is 2.39 bits per heavy atom. The Morgan fingerprint density at radius 2 is 1.64 bits per heavy atom. The van der Waals surface area contributed by atoms with Crippen LogP contribution in [0, 0.1) is 20.8 Å². The highest BCUT2D eigenvalue weighted by Gasteiger charge is 2.23. The van der Waals surface area contributed by atoms with Gasteiger partial charge in [-0.25, -0.2) is 15.0 Å². The molecular formula is C26H28N6O. The topological polar surface area (TPSA) is 67.2 Å². The quantitative estimate of drug-likeness (QED) is 0.485. The molecule has 2 aromatic carbocycles. The van der Waals surface area contributed by atoms with Crippen molar-refractivity contribution in [3.8, 4) is 5.82 Å². The average Bonchev–Trinajstić information content (AvgIpc) is 3.17. The van der Waals surface area contributed by atoms with Gasteiger partial charge in [0, 0.05) is 37.9 Å². The highest BCUT2D eigenvalue weighted by atomic mass is 16.2. The van der Waals surface area contributed by atoms with Gasteiger partial charge in [-0.1, -0.05) is 42.5 Å². The lowest BCUT2D eigenvalue weighted by molar-refractivity contribution is -0.130. The Kier molecular flexibility index (Phi) is 5.54. The second-order valence-electron chi connectivity index (χ2n) is 8.60. The van der Waals surface area contributed by atoms with Crippen LogP contribution < -0.4 is 4.90 Å². The van der Waals surface area contributed by atoms with Gasteiger partial charge < -0.3 is 9.80 Å². The summed E-state index contributed by atoms with van der Waals surface area (Å²) < 4.78 is 2.00. The minimum Gasteiger partial charge on any atom is -0.353 e. The fourth-order valence-corrected chi connectivity index (χ4v) is 4.46. The van der Waals surface area contributed by atoms with Crippen LogP contribution in [0.3, 0.4) is 0 Å². The molecule has 1 fully saturated rings. The summed E-state index contributed by atoms with van der Waals surface area (Å²) in [7, 11) is 0. The number of fused-ring (bicyclic) bond motifs is 1. The Bertz CT molecular complexity index is 1310. The van der Waals surface area contributed by atoms with E-state index < -0.39 is 0 Å². The van der Waals surface area contributed by atoms with E-state index in [1.807, 2.05) is 54.5 Å². The van der Waals surface area contributed by atoms with Crippen molar-refractivity contribution in [3.63, 3.8) is 0 Å². The van der Waals surface area contributed by atoms with E-state index in [0.717, 1.165) is 52.9 Å². The third-order valence-corrected chi connectivity index (χ3v) is 6.49. The first-order valence-corrected chi connectivity index (χ1v) is 11.4. The third-order valence-electron chi connectivity index (χ3n) is 6.49. The van der Waals surface area contributed by atoms with Crippen LogP contribution in [0.5, 0.6) is 0 Å². The van der Waals surface area contributed by atoms with Crippen molar-refractivity contribution in [2.24, 2.45) is 0 Å². The van der Waals surface area contributed by atoms with E-state index in [1.54, 1.807) is 6.33 Å². The molecule has 0 N–H and O–H groups in total. The molecule has 2 aromatic heterocycles. The van der Waals surface area contributed by atoms with Crippen LogP contribution in [-0.2, 0) is 11.2 Å². The van der Waals surface area contributed by atoms with Gasteiger partial charge in [-0.05, 0) is 37.1 Å². The molecule has 4 aromatic rings. The SMILES string of the molecule is Cc1nc(N2CCN(C(=O)Cc3cccc4ccccc34)CC2)cc(-n2cnc(C)c2C)n1. The fourth-order valence-electron chi connectivity index (χ4n) is 4.46. The summed E-state index contributed by atoms with van der Waals surface area (Å²) in [6.45, 7) is 8.82. The summed E-state index contributed by atoms with van der Waals surface area (Å²) in [5.74, 6) is 2.62. The molecule has 1 amide bonds. The fraction of sp³-hybridized carbons (Fsp3) is 0.308. The van der Waals surface area contributed by atoms with Crippen molar-refractivity contribution in [2.75, 3.05) is 31.1 Å². The second-order valence-corrected chi connectivity index (χ2v) is 8.60. The summed E-state index contributed by atoms with van der Waals surface area (Å²) in [5, 5.41) is 2.33. The van der Waals surface area contributed by atoms with Crippen molar-refractivity contribution < 1.29 is 4.79 Å².